The van der Waals surface area contributed by atoms with Gasteiger partial charge in [-0.25, -0.2) is 9.97 Å². The quantitative estimate of drug-likeness (QED) is 0.637. The number of hydrogen-bond acceptors (Lipinski definition) is 6. The maximum absolute atomic E-state index is 12.1. The Kier molecular flexibility index (Phi) is 6.12. The summed E-state index contributed by atoms with van der Waals surface area (Å²) in [5, 5.41) is 4.25. The van der Waals surface area contributed by atoms with E-state index in [1.165, 1.54) is 18.1 Å². The molecular formula is C17H19ClN4O2S. The fourth-order valence-corrected chi connectivity index (χ4v) is 3.22. The second-order valence-electron chi connectivity index (χ2n) is 5.61. The molecule has 132 valence electrons. The van der Waals surface area contributed by atoms with E-state index >= 15 is 0 Å². The number of thioether (sulfide) groups is 1. The first-order valence-corrected chi connectivity index (χ1v) is 9.32. The Bertz CT molecular complexity index is 753. The van der Waals surface area contributed by atoms with E-state index in [-0.39, 0.29) is 11.7 Å². The van der Waals surface area contributed by atoms with Gasteiger partial charge in [-0.2, -0.15) is 0 Å². The van der Waals surface area contributed by atoms with E-state index in [9.17, 15) is 4.79 Å². The van der Waals surface area contributed by atoms with Crippen molar-refractivity contribution >= 4 is 40.8 Å². The number of ether oxygens (including phenoxy) is 1. The number of nitrogens with one attached hydrogen (secondary N) is 1. The van der Waals surface area contributed by atoms with Crippen molar-refractivity contribution in [1.82, 2.24) is 9.97 Å². The van der Waals surface area contributed by atoms with Crippen molar-refractivity contribution in [3.63, 3.8) is 0 Å². The van der Waals surface area contributed by atoms with Gasteiger partial charge in [-0.1, -0.05) is 29.4 Å². The molecule has 1 aliphatic heterocycles. The van der Waals surface area contributed by atoms with E-state index in [0.29, 0.717) is 23.9 Å². The summed E-state index contributed by atoms with van der Waals surface area (Å²) in [6.45, 7) is 4.96. The Hall–Kier alpha value is -1.83. The second kappa shape index (κ2) is 8.51. The first kappa shape index (κ1) is 18.0. The molecule has 1 N–H and O–H groups in total. The molecule has 0 spiro atoms. The summed E-state index contributed by atoms with van der Waals surface area (Å²) < 4.78 is 5.35. The first-order chi connectivity index (χ1) is 12.1. The number of hydrogen-bond donors (Lipinski definition) is 1. The highest BCUT2D eigenvalue weighted by Gasteiger charge is 2.13. The van der Waals surface area contributed by atoms with E-state index in [1.807, 2.05) is 25.1 Å². The van der Waals surface area contributed by atoms with Gasteiger partial charge in [0, 0.05) is 29.9 Å². The number of carbonyl (C=O) groups is 1. The number of carbonyl (C=O) groups excluding carboxylic acids is 1. The molecule has 6 nitrogen and oxygen atoms in total. The SMILES string of the molecule is Cc1ccc(NC(=O)CSc2cc(N3CCOCC3)ncn2)cc1Cl. The third-order valence-corrected chi connectivity index (χ3v) is 5.10. The summed E-state index contributed by atoms with van der Waals surface area (Å²) in [7, 11) is 0. The van der Waals surface area contributed by atoms with E-state index in [1.54, 1.807) is 6.07 Å². The molecule has 1 amide bonds. The topological polar surface area (TPSA) is 67.4 Å². The van der Waals surface area contributed by atoms with Gasteiger partial charge in [0.05, 0.1) is 19.0 Å². The van der Waals surface area contributed by atoms with Crippen LogP contribution < -0.4 is 10.2 Å². The average molecular weight is 379 g/mol. The number of morpholine rings is 1. The third-order valence-electron chi connectivity index (χ3n) is 3.77. The van der Waals surface area contributed by atoms with Gasteiger partial charge in [0.2, 0.25) is 5.91 Å². The fraction of sp³-hybridized carbons (Fsp3) is 0.353. The lowest BCUT2D eigenvalue weighted by Crippen LogP contribution is -2.36. The molecule has 1 aromatic heterocycles. The van der Waals surface area contributed by atoms with Crippen molar-refractivity contribution < 1.29 is 9.53 Å². The van der Waals surface area contributed by atoms with Crippen molar-refractivity contribution in [3.05, 3.63) is 41.2 Å². The predicted octanol–water partition coefficient (Wildman–Crippen LogP) is 3.01. The number of halogens is 1. The maximum atomic E-state index is 12.1. The van der Waals surface area contributed by atoms with Crippen LogP contribution in [0.5, 0.6) is 0 Å². The molecule has 1 aromatic carbocycles. The largest absolute Gasteiger partial charge is 0.378 e. The number of aryl methyl sites for hydroxylation is 1. The Labute approximate surface area is 155 Å². The molecular weight excluding hydrogens is 360 g/mol. The van der Waals surface area contributed by atoms with Gasteiger partial charge in [-0.15, -0.1) is 0 Å². The summed E-state index contributed by atoms with van der Waals surface area (Å²) in [5.74, 6) is 1.04. The zero-order valence-electron chi connectivity index (χ0n) is 13.9. The van der Waals surface area contributed by atoms with Crippen molar-refractivity contribution in [2.45, 2.75) is 11.9 Å². The number of anilines is 2. The molecule has 1 fully saturated rings. The van der Waals surface area contributed by atoms with E-state index < -0.39 is 0 Å². The van der Waals surface area contributed by atoms with Crippen LogP contribution in [0.3, 0.4) is 0 Å². The number of aromatic nitrogens is 2. The van der Waals surface area contributed by atoms with Gasteiger partial charge in [0.25, 0.3) is 0 Å². The lowest BCUT2D eigenvalue weighted by molar-refractivity contribution is -0.113. The highest BCUT2D eigenvalue weighted by molar-refractivity contribution is 7.99. The Morgan fingerprint density at radius 2 is 2.12 bits per heavy atom. The molecule has 25 heavy (non-hydrogen) atoms. The second-order valence-corrected chi connectivity index (χ2v) is 7.02. The fourth-order valence-electron chi connectivity index (χ4n) is 2.38. The van der Waals surface area contributed by atoms with Gasteiger partial charge in [-0.3, -0.25) is 4.79 Å². The lowest BCUT2D eigenvalue weighted by atomic mass is 10.2. The van der Waals surface area contributed by atoms with Crippen LogP contribution in [0.15, 0.2) is 35.6 Å². The standard InChI is InChI=1S/C17H19ClN4O2S/c1-12-2-3-13(8-14(12)18)21-16(23)10-25-17-9-15(19-11-20-17)22-4-6-24-7-5-22/h2-3,8-9,11H,4-7,10H2,1H3,(H,21,23). The summed E-state index contributed by atoms with van der Waals surface area (Å²) in [4.78, 5) is 22.8. The molecule has 0 unspecified atom stereocenters. The Balaban J connectivity index is 1.55. The van der Waals surface area contributed by atoms with Gasteiger partial charge in [0.1, 0.15) is 17.2 Å². The molecule has 0 aliphatic carbocycles. The van der Waals surface area contributed by atoms with Crippen LogP contribution in [0, 0.1) is 6.92 Å². The van der Waals surface area contributed by atoms with Crippen molar-refractivity contribution in [2.75, 3.05) is 42.3 Å². The zero-order chi connectivity index (χ0) is 17.6. The van der Waals surface area contributed by atoms with Crippen molar-refractivity contribution in [2.24, 2.45) is 0 Å². The van der Waals surface area contributed by atoms with Crippen LogP contribution in [0.1, 0.15) is 5.56 Å². The minimum atomic E-state index is -0.101. The van der Waals surface area contributed by atoms with Crippen LogP contribution in [0.25, 0.3) is 0 Å². The van der Waals surface area contributed by atoms with Crippen LogP contribution in [0.4, 0.5) is 11.5 Å². The predicted molar refractivity (Wildman–Crippen MR) is 101 cm³/mol. The van der Waals surface area contributed by atoms with Gasteiger partial charge in [0.15, 0.2) is 0 Å². The minimum Gasteiger partial charge on any atom is -0.378 e. The maximum Gasteiger partial charge on any atom is 0.234 e. The molecule has 0 bridgehead atoms. The van der Waals surface area contributed by atoms with Crippen LogP contribution in [-0.4, -0.2) is 47.9 Å². The highest BCUT2D eigenvalue weighted by Crippen LogP contribution is 2.22. The summed E-state index contributed by atoms with van der Waals surface area (Å²) >= 11 is 7.45. The van der Waals surface area contributed by atoms with E-state index in [2.05, 4.69) is 20.2 Å². The number of rotatable bonds is 5. The van der Waals surface area contributed by atoms with Gasteiger partial charge >= 0.3 is 0 Å². The molecule has 1 aliphatic rings. The number of nitrogens with zero attached hydrogens (tertiary/aromatic N) is 3. The van der Waals surface area contributed by atoms with Crippen LogP contribution >= 0.6 is 23.4 Å². The smallest absolute Gasteiger partial charge is 0.234 e. The average Bonchev–Trinajstić information content (AvgIpc) is 2.64. The van der Waals surface area contributed by atoms with Gasteiger partial charge in [-0.05, 0) is 24.6 Å². The zero-order valence-corrected chi connectivity index (χ0v) is 15.4. The summed E-state index contributed by atoms with van der Waals surface area (Å²) in [6.07, 6.45) is 1.53. The van der Waals surface area contributed by atoms with E-state index in [4.69, 9.17) is 16.3 Å². The normalized spacial score (nSPS) is 14.4. The highest BCUT2D eigenvalue weighted by atomic mass is 35.5. The molecule has 8 heteroatoms. The van der Waals surface area contributed by atoms with Crippen molar-refractivity contribution in [1.29, 1.82) is 0 Å². The van der Waals surface area contributed by atoms with Crippen LogP contribution in [0.2, 0.25) is 5.02 Å². The lowest BCUT2D eigenvalue weighted by Gasteiger charge is -2.27. The molecule has 0 atom stereocenters. The van der Waals surface area contributed by atoms with Gasteiger partial charge < -0.3 is 15.0 Å². The Morgan fingerprint density at radius 1 is 1.32 bits per heavy atom. The number of amides is 1. The third kappa shape index (κ3) is 5.07. The Morgan fingerprint density at radius 3 is 2.88 bits per heavy atom. The monoisotopic (exact) mass is 378 g/mol. The molecule has 3 rings (SSSR count). The van der Waals surface area contributed by atoms with E-state index in [0.717, 1.165) is 29.5 Å². The summed E-state index contributed by atoms with van der Waals surface area (Å²) in [5.41, 5.74) is 1.67. The molecule has 2 aromatic rings. The molecule has 0 saturated carbocycles. The van der Waals surface area contributed by atoms with Crippen molar-refractivity contribution in [3.8, 4) is 0 Å². The number of benzene rings is 1. The summed E-state index contributed by atoms with van der Waals surface area (Å²) in [6, 6.07) is 7.38. The molecule has 2 heterocycles. The minimum absolute atomic E-state index is 0.101. The first-order valence-electron chi connectivity index (χ1n) is 7.95. The van der Waals surface area contributed by atoms with Crippen LogP contribution in [-0.2, 0) is 9.53 Å². The molecule has 0 radical (unpaired) electrons. The molecule has 1 saturated heterocycles.